The van der Waals surface area contributed by atoms with E-state index in [4.69, 9.17) is 0 Å². The van der Waals surface area contributed by atoms with Gasteiger partial charge in [0.2, 0.25) is 0 Å². The molecule has 2 N–H and O–H groups in total. The zero-order valence-corrected chi connectivity index (χ0v) is 11.9. The molecular weight excluding hydrogens is 320 g/mol. The number of hydrogen-bond acceptors (Lipinski definition) is 3. The molecule has 19 heavy (non-hydrogen) atoms. The minimum Gasteiger partial charge on any atom is -0.392 e. The van der Waals surface area contributed by atoms with Gasteiger partial charge in [-0.25, -0.2) is 8.78 Å². The van der Waals surface area contributed by atoms with Gasteiger partial charge in [-0.15, -0.1) is 0 Å². The molecule has 2 atom stereocenters. The van der Waals surface area contributed by atoms with Crippen molar-refractivity contribution in [2.45, 2.75) is 24.6 Å². The van der Waals surface area contributed by atoms with Crippen LogP contribution in [0.1, 0.15) is 12.0 Å². The van der Waals surface area contributed by atoms with E-state index in [-0.39, 0.29) is 12.1 Å². The van der Waals surface area contributed by atoms with Crippen molar-refractivity contribution < 1.29 is 19.0 Å². The van der Waals surface area contributed by atoms with E-state index in [0.717, 1.165) is 4.47 Å². The maximum Gasteiger partial charge on any atom is 0.272 e. The number of nitrogens with zero attached hydrogens (tertiary/aromatic N) is 1. The molecule has 2 rings (SSSR count). The summed E-state index contributed by atoms with van der Waals surface area (Å²) < 4.78 is 27.3. The molecule has 1 aliphatic rings. The highest BCUT2D eigenvalue weighted by atomic mass is 79.9. The first-order valence-electron chi connectivity index (χ1n) is 6.09. The molecule has 0 aliphatic carbocycles. The molecule has 0 aromatic heterocycles. The van der Waals surface area contributed by atoms with Gasteiger partial charge in [-0.1, -0.05) is 28.1 Å². The van der Waals surface area contributed by atoms with Crippen LogP contribution in [0, 0.1) is 0 Å². The predicted molar refractivity (Wildman–Crippen MR) is 71.1 cm³/mol. The smallest absolute Gasteiger partial charge is 0.272 e. The van der Waals surface area contributed by atoms with Gasteiger partial charge < -0.3 is 10.2 Å². The first kappa shape index (κ1) is 14.8. The fourth-order valence-electron chi connectivity index (χ4n) is 2.32. The lowest BCUT2D eigenvalue weighted by Gasteiger charge is -2.32. The number of β-amino-alcohol motifs (C(OH)–C–C–N with tert-alkyl or cyclic N) is 2. The van der Waals surface area contributed by atoms with Crippen LogP contribution in [0.25, 0.3) is 0 Å². The number of benzene rings is 1. The van der Waals surface area contributed by atoms with E-state index in [1.807, 2.05) is 0 Å². The van der Waals surface area contributed by atoms with E-state index in [0.29, 0.717) is 19.5 Å². The Morgan fingerprint density at radius 1 is 1.37 bits per heavy atom. The van der Waals surface area contributed by atoms with E-state index >= 15 is 0 Å². The fraction of sp³-hybridized carbons (Fsp3) is 0.538. The van der Waals surface area contributed by atoms with Gasteiger partial charge in [-0.3, -0.25) is 4.90 Å². The second-order valence-electron chi connectivity index (χ2n) is 4.91. The van der Waals surface area contributed by atoms with Crippen LogP contribution in [0.3, 0.4) is 0 Å². The molecule has 0 saturated carbocycles. The second kappa shape index (κ2) is 5.83. The number of hydrogen-bond donors (Lipinski definition) is 2. The molecule has 6 heteroatoms. The van der Waals surface area contributed by atoms with E-state index in [1.54, 1.807) is 17.0 Å². The maximum atomic E-state index is 13.3. The topological polar surface area (TPSA) is 43.7 Å². The molecule has 0 bridgehead atoms. The Morgan fingerprint density at radius 2 is 2.00 bits per heavy atom. The zero-order valence-electron chi connectivity index (χ0n) is 10.3. The van der Waals surface area contributed by atoms with Crippen molar-refractivity contribution in [3.05, 3.63) is 34.3 Å². The highest BCUT2D eigenvalue weighted by Crippen LogP contribution is 2.31. The lowest BCUT2D eigenvalue weighted by Crippen LogP contribution is -2.45. The van der Waals surface area contributed by atoms with Gasteiger partial charge in [0.15, 0.2) is 5.60 Å². The Kier molecular flexibility index (Phi) is 4.55. The van der Waals surface area contributed by atoms with Crippen molar-refractivity contribution in [1.29, 1.82) is 0 Å². The van der Waals surface area contributed by atoms with Crippen molar-refractivity contribution in [2.24, 2.45) is 0 Å². The van der Waals surface area contributed by atoms with Gasteiger partial charge in [0, 0.05) is 24.1 Å². The van der Waals surface area contributed by atoms with Gasteiger partial charge in [0.1, 0.15) is 0 Å². The van der Waals surface area contributed by atoms with E-state index in [1.165, 1.54) is 12.1 Å². The van der Waals surface area contributed by atoms with Crippen LogP contribution < -0.4 is 0 Å². The number of likely N-dealkylation sites (tertiary alicyclic amines) is 1. The minimum absolute atomic E-state index is 0.177. The first-order chi connectivity index (χ1) is 8.91. The Bertz CT molecular complexity index is 429. The summed E-state index contributed by atoms with van der Waals surface area (Å²) in [6, 6.07) is 6.23. The van der Waals surface area contributed by atoms with Crippen molar-refractivity contribution in [3.63, 3.8) is 0 Å². The van der Waals surface area contributed by atoms with Gasteiger partial charge in [0.25, 0.3) is 6.43 Å². The molecule has 1 saturated heterocycles. The van der Waals surface area contributed by atoms with Crippen LogP contribution in [0.2, 0.25) is 0 Å². The predicted octanol–water partition coefficient (Wildman–Crippen LogP) is 1.97. The SMILES string of the molecule is O[C@H]1CCN(CC(O)(c2ccc(Br)cc2)C(F)F)C1. The third-order valence-electron chi connectivity index (χ3n) is 3.42. The minimum atomic E-state index is -2.88. The molecule has 3 nitrogen and oxygen atoms in total. The van der Waals surface area contributed by atoms with E-state index < -0.39 is 18.1 Å². The average molecular weight is 336 g/mol. The Labute approximate surface area is 119 Å². The summed E-state index contributed by atoms with van der Waals surface area (Å²) in [4.78, 5) is 1.67. The summed E-state index contributed by atoms with van der Waals surface area (Å²) in [6.45, 7) is 0.668. The number of rotatable bonds is 4. The monoisotopic (exact) mass is 335 g/mol. The summed E-state index contributed by atoms with van der Waals surface area (Å²) in [7, 11) is 0. The lowest BCUT2D eigenvalue weighted by atomic mass is 9.93. The van der Waals surface area contributed by atoms with Crippen LogP contribution in [0.5, 0.6) is 0 Å². The molecule has 1 fully saturated rings. The third-order valence-corrected chi connectivity index (χ3v) is 3.95. The van der Waals surface area contributed by atoms with Gasteiger partial charge in [-0.2, -0.15) is 0 Å². The van der Waals surface area contributed by atoms with Crippen LogP contribution in [0.15, 0.2) is 28.7 Å². The molecule has 1 aromatic rings. The third kappa shape index (κ3) is 3.31. The fourth-order valence-corrected chi connectivity index (χ4v) is 2.59. The van der Waals surface area contributed by atoms with Crippen molar-refractivity contribution in [3.8, 4) is 0 Å². The van der Waals surface area contributed by atoms with Gasteiger partial charge >= 0.3 is 0 Å². The molecule has 0 radical (unpaired) electrons. The first-order valence-corrected chi connectivity index (χ1v) is 6.88. The average Bonchev–Trinajstić information content (AvgIpc) is 2.75. The Morgan fingerprint density at radius 3 is 2.47 bits per heavy atom. The summed E-state index contributed by atoms with van der Waals surface area (Å²) in [6.07, 6.45) is -2.82. The van der Waals surface area contributed by atoms with Crippen LogP contribution in [-0.4, -0.2) is 47.3 Å². The van der Waals surface area contributed by atoms with Crippen molar-refractivity contribution in [1.82, 2.24) is 4.90 Å². The highest BCUT2D eigenvalue weighted by Gasteiger charge is 2.42. The number of alkyl halides is 2. The second-order valence-corrected chi connectivity index (χ2v) is 5.83. The normalized spacial score (nSPS) is 23.8. The zero-order chi connectivity index (χ0) is 14.0. The van der Waals surface area contributed by atoms with Crippen molar-refractivity contribution >= 4 is 15.9 Å². The molecule has 106 valence electrons. The van der Waals surface area contributed by atoms with Crippen LogP contribution in [0.4, 0.5) is 8.78 Å². The molecule has 1 unspecified atom stereocenters. The Hall–Kier alpha value is -0.560. The van der Waals surface area contributed by atoms with Crippen LogP contribution >= 0.6 is 15.9 Å². The van der Waals surface area contributed by atoms with Crippen molar-refractivity contribution in [2.75, 3.05) is 19.6 Å². The Balaban J connectivity index is 2.19. The number of aliphatic hydroxyl groups is 2. The summed E-state index contributed by atoms with van der Waals surface area (Å²) in [5.41, 5.74) is -2.02. The number of halogens is 3. The highest BCUT2D eigenvalue weighted by molar-refractivity contribution is 9.10. The molecular formula is C13H16BrF2NO2. The summed E-state index contributed by atoms with van der Waals surface area (Å²) in [5, 5.41) is 19.7. The van der Waals surface area contributed by atoms with Gasteiger partial charge in [0.05, 0.1) is 6.10 Å². The van der Waals surface area contributed by atoms with Gasteiger partial charge in [-0.05, 0) is 24.1 Å². The summed E-state index contributed by atoms with van der Waals surface area (Å²) >= 11 is 3.23. The maximum absolute atomic E-state index is 13.3. The summed E-state index contributed by atoms with van der Waals surface area (Å²) in [5.74, 6) is 0. The van der Waals surface area contributed by atoms with E-state index in [2.05, 4.69) is 15.9 Å². The van der Waals surface area contributed by atoms with Crippen LogP contribution in [-0.2, 0) is 5.60 Å². The standard InChI is InChI=1S/C13H16BrF2NO2/c14-10-3-1-9(2-4-10)13(19,12(15)16)8-17-6-5-11(18)7-17/h1-4,11-12,18-19H,5-8H2/t11-,13?/m0/s1. The quantitative estimate of drug-likeness (QED) is 0.884. The molecule has 1 aliphatic heterocycles. The molecule has 1 heterocycles. The molecule has 1 aromatic carbocycles. The number of aliphatic hydroxyl groups excluding tert-OH is 1. The van der Waals surface area contributed by atoms with E-state index in [9.17, 15) is 19.0 Å². The lowest BCUT2D eigenvalue weighted by molar-refractivity contribution is -0.116. The largest absolute Gasteiger partial charge is 0.392 e. The molecule has 0 spiro atoms. The molecule has 0 amide bonds.